The molecule has 1 aliphatic rings. The molecule has 0 radical (unpaired) electrons. The average Bonchev–Trinajstić information content (AvgIpc) is 3.23. The van der Waals surface area contributed by atoms with Crippen molar-refractivity contribution >= 4 is 33.7 Å². The number of thioether (sulfide) groups is 1. The van der Waals surface area contributed by atoms with Gasteiger partial charge in [0.25, 0.3) is 0 Å². The Hall–Kier alpha value is -1.98. The number of aliphatic carboxylic acids is 1. The van der Waals surface area contributed by atoms with Crippen LogP contribution in [0.25, 0.3) is 0 Å². The maximum absolute atomic E-state index is 13.2. The molecule has 1 aromatic rings. The first kappa shape index (κ1) is 24.3. The lowest BCUT2D eigenvalue weighted by molar-refractivity contribution is -0.142. The number of rotatable bonds is 11. The number of ether oxygens (including phenoxy) is 2. The predicted octanol–water partition coefficient (Wildman–Crippen LogP) is 1.57. The van der Waals surface area contributed by atoms with Crippen molar-refractivity contribution in [1.29, 1.82) is 0 Å². The molecular formula is C19H28N2O7S2. The van der Waals surface area contributed by atoms with E-state index in [1.54, 1.807) is 11.8 Å². The second kappa shape index (κ2) is 10.9. The van der Waals surface area contributed by atoms with Crippen molar-refractivity contribution in [2.24, 2.45) is 0 Å². The van der Waals surface area contributed by atoms with E-state index in [-0.39, 0.29) is 23.6 Å². The second-order valence-corrected chi connectivity index (χ2v) is 9.96. The molecule has 168 valence electrons. The van der Waals surface area contributed by atoms with Crippen LogP contribution in [0.2, 0.25) is 0 Å². The van der Waals surface area contributed by atoms with Crippen LogP contribution in [0.15, 0.2) is 23.1 Å². The van der Waals surface area contributed by atoms with Crippen LogP contribution in [-0.2, 0) is 19.6 Å². The van der Waals surface area contributed by atoms with Gasteiger partial charge < -0.3 is 19.9 Å². The van der Waals surface area contributed by atoms with Crippen molar-refractivity contribution < 1.29 is 32.6 Å². The molecular weight excluding hydrogens is 432 g/mol. The van der Waals surface area contributed by atoms with Gasteiger partial charge in [0, 0.05) is 12.6 Å². The molecule has 2 rings (SSSR count). The summed E-state index contributed by atoms with van der Waals surface area (Å²) in [6.45, 7) is 2.15. The third-order valence-corrected chi connectivity index (χ3v) is 7.67. The molecule has 1 fully saturated rings. The Kier molecular flexibility index (Phi) is 8.80. The van der Waals surface area contributed by atoms with Gasteiger partial charge in [0.05, 0.1) is 19.1 Å². The number of carboxylic acid groups (broad SMARTS) is 1. The number of amides is 1. The molecule has 30 heavy (non-hydrogen) atoms. The molecule has 1 aliphatic heterocycles. The van der Waals surface area contributed by atoms with Gasteiger partial charge in [-0.2, -0.15) is 16.1 Å². The van der Waals surface area contributed by atoms with E-state index in [1.165, 1.54) is 32.4 Å². The fraction of sp³-hybridized carbons (Fsp3) is 0.579. The molecule has 2 N–H and O–H groups in total. The molecule has 1 saturated heterocycles. The summed E-state index contributed by atoms with van der Waals surface area (Å²) in [6, 6.07) is 2.23. The van der Waals surface area contributed by atoms with Gasteiger partial charge in [-0.15, -0.1) is 0 Å². The number of carboxylic acids is 1. The normalized spacial score (nSPS) is 18.0. The fourth-order valence-corrected chi connectivity index (χ4v) is 5.64. The van der Waals surface area contributed by atoms with Gasteiger partial charge in [-0.3, -0.25) is 4.79 Å². The van der Waals surface area contributed by atoms with Crippen LogP contribution >= 0.6 is 11.8 Å². The summed E-state index contributed by atoms with van der Waals surface area (Å²) in [7, 11) is -1.13. The molecule has 0 aliphatic carbocycles. The van der Waals surface area contributed by atoms with Crippen LogP contribution in [0.4, 0.5) is 0 Å². The maximum atomic E-state index is 13.2. The van der Waals surface area contributed by atoms with E-state index < -0.39 is 34.0 Å². The Morgan fingerprint density at radius 2 is 2.00 bits per heavy atom. The number of hydrogen-bond acceptors (Lipinski definition) is 7. The number of hydrogen-bond donors (Lipinski definition) is 2. The van der Waals surface area contributed by atoms with E-state index in [0.717, 1.165) is 10.1 Å². The highest BCUT2D eigenvalue weighted by molar-refractivity contribution is 7.99. The molecule has 0 bridgehead atoms. The lowest BCUT2D eigenvalue weighted by Gasteiger charge is -2.25. The highest BCUT2D eigenvalue weighted by Crippen LogP contribution is 2.33. The second-order valence-electron chi connectivity index (χ2n) is 6.68. The molecule has 1 amide bonds. The zero-order chi connectivity index (χ0) is 22.3. The van der Waals surface area contributed by atoms with Gasteiger partial charge in [-0.1, -0.05) is 6.92 Å². The highest BCUT2D eigenvalue weighted by Gasteiger charge is 2.40. The topological polar surface area (TPSA) is 122 Å². The lowest BCUT2D eigenvalue weighted by atomic mass is 10.1. The van der Waals surface area contributed by atoms with Crippen LogP contribution in [0.1, 0.15) is 26.2 Å². The van der Waals surface area contributed by atoms with E-state index in [4.69, 9.17) is 9.47 Å². The summed E-state index contributed by atoms with van der Waals surface area (Å²) in [5.41, 5.74) is 0. The van der Waals surface area contributed by atoms with Gasteiger partial charge in [0.1, 0.15) is 12.1 Å². The number of methoxy groups -OCH3 is 2. The molecule has 9 nitrogen and oxygen atoms in total. The zero-order valence-electron chi connectivity index (χ0n) is 17.3. The Morgan fingerprint density at radius 1 is 1.30 bits per heavy atom. The van der Waals surface area contributed by atoms with E-state index in [0.29, 0.717) is 24.3 Å². The first-order chi connectivity index (χ1) is 14.3. The largest absolute Gasteiger partial charge is 0.493 e. The Morgan fingerprint density at radius 3 is 2.60 bits per heavy atom. The first-order valence-electron chi connectivity index (χ1n) is 9.61. The molecule has 1 aromatic carbocycles. The quantitative estimate of drug-likeness (QED) is 0.477. The van der Waals surface area contributed by atoms with Crippen LogP contribution in [0.3, 0.4) is 0 Å². The maximum Gasteiger partial charge on any atom is 0.326 e. The summed E-state index contributed by atoms with van der Waals surface area (Å²) < 4.78 is 37.8. The van der Waals surface area contributed by atoms with E-state index in [1.807, 2.05) is 6.92 Å². The zero-order valence-corrected chi connectivity index (χ0v) is 18.9. The monoisotopic (exact) mass is 460 g/mol. The van der Waals surface area contributed by atoms with Gasteiger partial charge >= 0.3 is 5.97 Å². The van der Waals surface area contributed by atoms with Gasteiger partial charge in [-0.05, 0) is 42.9 Å². The Labute approximate surface area is 181 Å². The van der Waals surface area contributed by atoms with Gasteiger partial charge in [0.2, 0.25) is 15.9 Å². The summed E-state index contributed by atoms with van der Waals surface area (Å²) in [6.07, 6.45) is 1.11. The van der Waals surface area contributed by atoms with Crippen molar-refractivity contribution in [2.75, 3.05) is 32.3 Å². The minimum absolute atomic E-state index is 0.0195. The van der Waals surface area contributed by atoms with Crippen LogP contribution in [0.5, 0.6) is 11.5 Å². The number of carbonyl (C=O) groups excluding carboxylic acids is 1. The van der Waals surface area contributed by atoms with Crippen molar-refractivity contribution in [3.63, 3.8) is 0 Å². The number of carbonyl (C=O) groups is 2. The van der Waals surface area contributed by atoms with Gasteiger partial charge in [0.15, 0.2) is 11.5 Å². The molecule has 11 heteroatoms. The predicted molar refractivity (Wildman–Crippen MR) is 114 cm³/mol. The van der Waals surface area contributed by atoms with Gasteiger partial charge in [-0.25, -0.2) is 13.2 Å². The number of nitrogens with zero attached hydrogens (tertiary/aromatic N) is 1. The van der Waals surface area contributed by atoms with Crippen molar-refractivity contribution in [1.82, 2.24) is 9.62 Å². The molecule has 0 aromatic heterocycles. The molecule has 0 spiro atoms. The minimum Gasteiger partial charge on any atom is -0.493 e. The van der Waals surface area contributed by atoms with E-state index >= 15 is 0 Å². The third-order valence-electron chi connectivity index (χ3n) is 4.84. The summed E-state index contributed by atoms with van der Waals surface area (Å²) in [5.74, 6) is 0.365. The standard InChI is InChI=1S/C19H28N2O7S2/c1-4-29-11-9-14(19(23)24)20-18(22)15-6-5-10-21(15)30(25,26)13-7-8-16(27-2)17(12-13)28-3/h7-8,12,14-15H,4-6,9-11H2,1-3H3,(H,20,22)(H,23,24). The molecule has 2 atom stereocenters. The lowest BCUT2D eigenvalue weighted by Crippen LogP contribution is -2.51. The average molecular weight is 461 g/mol. The smallest absolute Gasteiger partial charge is 0.326 e. The molecule has 1 heterocycles. The summed E-state index contributed by atoms with van der Waals surface area (Å²) in [5, 5.41) is 11.9. The number of benzene rings is 1. The van der Waals surface area contributed by atoms with Crippen LogP contribution in [0, 0.1) is 0 Å². The molecule has 2 unspecified atom stereocenters. The van der Waals surface area contributed by atoms with Crippen molar-refractivity contribution in [2.45, 2.75) is 43.2 Å². The minimum atomic E-state index is -3.98. The SMILES string of the molecule is CCSCCC(NC(=O)C1CCCN1S(=O)(=O)c1ccc(OC)c(OC)c1)C(=O)O. The fourth-order valence-electron chi connectivity index (χ4n) is 3.27. The first-order valence-corrected chi connectivity index (χ1v) is 12.2. The van der Waals surface area contributed by atoms with Crippen molar-refractivity contribution in [3.8, 4) is 11.5 Å². The number of nitrogens with one attached hydrogen (secondary N) is 1. The van der Waals surface area contributed by atoms with E-state index in [2.05, 4.69) is 5.32 Å². The van der Waals surface area contributed by atoms with E-state index in [9.17, 15) is 23.1 Å². The molecule has 0 saturated carbocycles. The Balaban J connectivity index is 2.21. The summed E-state index contributed by atoms with van der Waals surface area (Å²) in [4.78, 5) is 24.2. The third kappa shape index (κ3) is 5.58. The van der Waals surface area contributed by atoms with Crippen molar-refractivity contribution in [3.05, 3.63) is 18.2 Å². The number of sulfonamides is 1. The highest BCUT2D eigenvalue weighted by atomic mass is 32.2. The summed E-state index contributed by atoms with van der Waals surface area (Å²) >= 11 is 1.58. The Bertz CT molecular complexity index is 860. The van der Waals surface area contributed by atoms with Crippen LogP contribution in [-0.4, -0.2) is 74.1 Å². The van der Waals surface area contributed by atoms with Crippen LogP contribution < -0.4 is 14.8 Å².